The molecule has 0 saturated carbocycles. The van der Waals surface area contributed by atoms with Crippen LogP contribution in [0.5, 0.6) is 11.5 Å². The minimum atomic E-state index is -2.41. The van der Waals surface area contributed by atoms with Gasteiger partial charge in [-0.2, -0.15) is 5.10 Å². The van der Waals surface area contributed by atoms with E-state index in [4.69, 9.17) is 4.74 Å². The second-order valence-electron chi connectivity index (χ2n) is 4.53. The lowest BCUT2D eigenvalue weighted by Crippen LogP contribution is -2.14. The summed E-state index contributed by atoms with van der Waals surface area (Å²) >= 11 is 0. The molecule has 0 amide bonds. The summed E-state index contributed by atoms with van der Waals surface area (Å²) in [5.74, 6) is 0.502. The molecule has 0 saturated heterocycles. The highest BCUT2D eigenvalue weighted by molar-refractivity contribution is 5.41. The molecule has 0 aliphatic carbocycles. The number of phenolic OH excluding ortho intramolecular Hbond substituents is 1. The number of methoxy groups -OCH3 is 1. The molecule has 0 bridgehead atoms. The van der Waals surface area contributed by atoms with Gasteiger partial charge >= 0.3 is 0 Å². The smallest absolute Gasteiger partial charge is 0.257 e. The molecule has 0 aliphatic rings. The number of aromatic nitrogens is 2. The van der Waals surface area contributed by atoms with E-state index in [9.17, 15) is 13.9 Å². The highest BCUT2D eigenvalue weighted by Crippen LogP contribution is 2.26. The molecule has 1 aromatic heterocycles. The summed E-state index contributed by atoms with van der Waals surface area (Å²) in [7, 11) is 1.49. The lowest BCUT2D eigenvalue weighted by molar-refractivity contribution is 0.121. The molecular weight excluding hydrogens is 280 g/mol. The first-order valence-electron chi connectivity index (χ1n) is 6.45. The summed E-state index contributed by atoms with van der Waals surface area (Å²) in [5.41, 5.74) is 1.64. The Labute approximate surface area is 121 Å². The Kier molecular flexibility index (Phi) is 5.10. The van der Waals surface area contributed by atoms with E-state index in [-0.39, 0.29) is 5.75 Å². The van der Waals surface area contributed by atoms with E-state index < -0.39 is 13.0 Å². The third kappa shape index (κ3) is 4.42. The van der Waals surface area contributed by atoms with E-state index >= 15 is 0 Å². The Hall–Kier alpha value is -2.15. The zero-order valence-corrected chi connectivity index (χ0v) is 11.6. The van der Waals surface area contributed by atoms with Crippen molar-refractivity contribution in [2.75, 3.05) is 7.11 Å². The first kappa shape index (κ1) is 15.2. The van der Waals surface area contributed by atoms with Crippen molar-refractivity contribution in [2.45, 2.75) is 26.1 Å². The van der Waals surface area contributed by atoms with Crippen LogP contribution in [0.1, 0.15) is 11.3 Å². The van der Waals surface area contributed by atoms with Gasteiger partial charge in [-0.3, -0.25) is 4.68 Å². The number of aromatic hydroxyl groups is 1. The number of phenols is 1. The molecule has 0 fully saturated rings. The number of hydrogen-bond donors (Lipinski definition) is 2. The van der Waals surface area contributed by atoms with Crippen LogP contribution >= 0.6 is 0 Å². The zero-order chi connectivity index (χ0) is 15.2. The largest absolute Gasteiger partial charge is 0.504 e. The van der Waals surface area contributed by atoms with Crippen molar-refractivity contribution in [2.24, 2.45) is 0 Å². The van der Waals surface area contributed by atoms with E-state index in [1.807, 2.05) is 0 Å². The number of ether oxygens (including phenoxy) is 1. The number of alkyl halides is 2. The summed E-state index contributed by atoms with van der Waals surface area (Å²) in [4.78, 5) is 0. The van der Waals surface area contributed by atoms with Crippen molar-refractivity contribution in [3.05, 3.63) is 41.7 Å². The summed E-state index contributed by atoms with van der Waals surface area (Å²) < 4.78 is 30.7. The van der Waals surface area contributed by atoms with Crippen LogP contribution in [0.25, 0.3) is 0 Å². The maximum Gasteiger partial charge on any atom is 0.257 e. The van der Waals surface area contributed by atoms with Gasteiger partial charge in [-0.05, 0) is 23.8 Å². The van der Waals surface area contributed by atoms with E-state index in [0.29, 0.717) is 24.5 Å². The van der Waals surface area contributed by atoms with Gasteiger partial charge in [0.1, 0.15) is 6.54 Å². The van der Waals surface area contributed by atoms with Gasteiger partial charge in [0, 0.05) is 19.3 Å². The highest BCUT2D eigenvalue weighted by Gasteiger charge is 2.06. The summed E-state index contributed by atoms with van der Waals surface area (Å²) in [6.45, 7) is 0.632. The Balaban J connectivity index is 1.85. The highest BCUT2D eigenvalue weighted by atomic mass is 19.3. The SMILES string of the molecule is COc1cc(CNCc2ccn(CC(F)F)n2)ccc1O. The number of nitrogens with zero attached hydrogens (tertiary/aromatic N) is 2. The Bertz CT molecular complexity index is 587. The minimum Gasteiger partial charge on any atom is -0.504 e. The number of nitrogens with one attached hydrogen (secondary N) is 1. The van der Waals surface area contributed by atoms with E-state index in [2.05, 4.69) is 10.4 Å². The van der Waals surface area contributed by atoms with Gasteiger partial charge in [0.15, 0.2) is 11.5 Å². The van der Waals surface area contributed by atoms with Crippen LogP contribution in [0.4, 0.5) is 8.78 Å². The molecule has 0 aliphatic heterocycles. The van der Waals surface area contributed by atoms with Crippen LogP contribution in [-0.2, 0) is 19.6 Å². The molecule has 1 heterocycles. The molecule has 21 heavy (non-hydrogen) atoms. The van der Waals surface area contributed by atoms with Crippen LogP contribution in [0.15, 0.2) is 30.5 Å². The normalized spacial score (nSPS) is 11.0. The van der Waals surface area contributed by atoms with Crippen LogP contribution in [0.3, 0.4) is 0 Å². The van der Waals surface area contributed by atoms with Gasteiger partial charge < -0.3 is 15.2 Å². The van der Waals surface area contributed by atoms with Gasteiger partial charge in [0.25, 0.3) is 6.43 Å². The van der Waals surface area contributed by atoms with Crippen LogP contribution in [-0.4, -0.2) is 28.4 Å². The van der Waals surface area contributed by atoms with Gasteiger partial charge in [0.05, 0.1) is 12.8 Å². The van der Waals surface area contributed by atoms with Crippen LogP contribution in [0, 0.1) is 0 Å². The molecule has 2 rings (SSSR count). The molecular formula is C14H17F2N3O2. The first-order chi connectivity index (χ1) is 10.1. The van der Waals surface area contributed by atoms with Crippen molar-refractivity contribution in [1.29, 1.82) is 0 Å². The van der Waals surface area contributed by atoms with Crippen molar-refractivity contribution >= 4 is 0 Å². The molecule has 0 unspecified atom stereocenters. The monoisotopic (exact) mass is 297 g/mol. The second kappa shape index (κ2) is 7.03. The van der Waals surface area contributed by atoms with Crippen molar-refractivity contribution in [1.82, 2.24) is 15.1 Å². The molecule has 2 aromatic rings. The topological polar surface area (TPSA) is 59.3 Å². The fourth-order valence-electron chi connectivity index (χ4n) is 1.91. The average Bonchev–Trinajstić information content (AvgIpc) is 2.87. The lowest BCUT2D eigenvalue weighted by atomic mass is 10.2. The molecule has 1 aromatic carbocycles. The summed E-state index contributed by atoms with van der Waals surface area (Å²) in [5, 5.41) is 16.7. The first-order valence-corrected chi connectivity index (χ1v) is 6.45. The van der Waals surface area contributed by atoms with Crippen molar-refractivity contribution in [3.8, 4) is 11.5 Å². The van der Waals surface area contributed by atoms with E-state index in [0.717, 1.165) is 5.56 Å². The standard InChI is InChI=1S/C14H17F2N3O2/c1-21-13-6-10(2-3-12(13)20)7-17-8-11-4-5-19(18-11)9-14(15)16/h2-6,14,17,20H,7-9H2,1H3. The fraction of sp³-hybridized carbons (Fsp3) is 0.357. The predicted octanol–water partition coefficient (Wildman–Crippen LogP) is 2.15. The number of halogens is 2. The van der Waals surface area contributed by atoms with Crippen molar-refractivity contribution in [3.63, 3.8) is 0 Å². The fourth-order valence-corrected chi connectivity index (χ4v) is 1.91. The number of rotatable bonds is 7. The Morgan fingerprint density at radius 1 is 1.33 bits per heavy atom. The van der Waals surface area contributed by atoms with E-state index in [1.54, 1.807) is 24.3 Å². The molecule has 0 radical (unpaired) electrons. The summed E-state index contributed by atoms with van der Waals surface area (Å²) in [6.07, 6.45) is -0.873. The third-order valence-corrected chi connectivity index (χ3v) is 2.90. The minimum absolute atomic E-state index is 0.0898. The zero-order valence-electron chi connectivity index (χ0n) is 11.6. The molecule has 5 nitrogen and oxygen atoms in total. The maximum absolute atomic E-state index is 12.2. The molecule has 0 atom stereocenters. The van der Waals surface area contributed by atoms with Crippen LogP contribution < -0.4 is 10.1 Å². The third-order valence-electron chi connectivity index (χ3n) is 2.90. The van der Waals surface area contributed by atoms with Gasteiger partial charge in [-0.15, -0.1) is 0 Å². The quantitative estimate of drug-likeness (QED) is 0.822. The molecule has 114 valence electrons. The number of benzene rings is 1. The second-order valence-corrected chi connectivity index (χ2v) is 4.53. The average molecular weight is 297 g/mol. The maximum atomic E-state index is 12.2. The van der Waals surface area contributed by atoms with Gasteiger partial charge in [-0.1, -0.05) is 6.07 Å². The Morgan fingerprint density at radius 3 is 2.86 bits per heavy atom. The van der Waals surface area contributed by atoms with Gasteiger partial charge in [-0.25, -0.2) is 8.78 Å². The molecule has 0 spiro atoms. The predicted molar refractivity (Wildman–Crippen MR) is 73.4 cm³/mol. The molecule has 7 heteroatoms. The number of hydrogen-bond acceptors (Lipinski definition) is 4. The van der Waals surface area contributed by atoms with E-state index in [1.165, 1.54) is 18.0 Å². The van der Waals surface area contributed by atoms with Crippen molar-refractivity contribution < 1.29 is 18.6 Å². The molecule has 2 N–H and O–H groups in total. The van der Waals surface area contributed by atoms with Crippen LogP contribution in [0.2, 0.25) is 0 Å². The van der Waals surface area contributed by atoms with Gasteiger partial charge in [0.2, 0.25) is 0 Å². The lowest BCUT2D eigenvalue weighted by Gasteiger charge is -2.07. The summed E-state index contributed by atoms with van der Waals surface area (Å²) in [6, 6.07) is 6.78. The Morgan fingerprint density at radius 2 is 2.14 bits per heavy atom.